The van der Waals surface area contributed by atoms with Gasteiger partial charge in [0.2, 0.25) is 0 Å². The summed E-state index contributed by atoms with van der Waals surface area (Å²) in [5, 5.41) is 21.1. The Balaban J connectivity index is 1.56. The Hall–Kier alpha value is -0.600. The fraction of sp³-hybridized carbons (Fsp3) is 0.867. The minimum atomic E-state index is -0.400. The van der Waals surface area contributed by atoms with E-state index >= 15 is 0 Å². The molecule has 0 spiro atoms. The molecule has 0 bridgehead atoms. The van der Waals surface area contributed by atoms with Gasteiger partial charge in [-0.05, 0) is 116 Å². The number of allylic oxidation sites excluding steroid dienone is 1. The first kappa shape index (κ1) is 24.5. The van der Waals surface area contributed by atoms with E-state index in [1.807, 2.05) is 6.92 Å². The minimum Gasteiger partial charge on any atom is -0.393 e. The van der Waals surface area contributed by atoms with Crippen molar-refractivity contribution < 1.29 is 10.2 Å². The molecule has 0 aromatic carbocycles. The molecule has 0 unspecified atom stereocenters. The lowest BCUT2D eigenvalue weighted by Gasteiger charge is -2.67. The van der Waals surface area contributed by atoms with E-state index in [1.54, 1.807) is 0 Å². The third-order valence-corrected chi connectivity index (χ3v) is 12.2. The van der Waals surface area contributed by atoms with Gasteiger partial charge in [0.25, 0.3) is 0 Å². The maximum atomic E-state index is 10.8. The van der Waals surface area contributed by atoms with Crippen molar-refractivity contribution >= 4 is 0 Å². The Morgan fingerprint density at radius 1 is 0.875 bits per heavy atom. The number of rotatable bonds is 5. The molecule has 0 aromatic rings. The van der Waals surface area contributed by atoms with E-state index in [0.717, 1.165) is 36.7 Å². The lowest BCUT2D eigenvalue weighted by molar-refractivity contribution is -0.197. The van der Waals surface area contributed by atoms with Crippen LogP contribution in [0.2, 0.25) is 0 Å². The summed E-state index contributed by atoms with van der Waals surface area (Å²) < 4.78 is 0. The van der Waals surface area contributed by atoms with E-state index in [9.17, 15) is 10.2 Å². The highest BCUT2D eigenvalue weighted by atomic mass is 16.3. The number of aliphatic hydroxyl groups excluding tert-OH is 2. The zero-order valence-electron chi connectivity index (χ0n) is 21.8. The van der Waals surface area contributed by atoms with Crippen LogP contribution in [0.15, 0.2) is 24.3 Å². The molecule has 9 atom stereocenters. The smallest absolute Gasteiger partial charge is 0.0747 e. The van der Waals surface area contributed by atoms with Crippen LogP contribution in [0.3, 0.4) is 0 Å². The fourth-order valence-corrected chi connectivity index (χ4v) is 9.89. The molecular formula is C30H50O2. The second kappa shape index (κ2) is 7.98. The second-order valence-electron chi connectivity index (χ2n) is 13.7. The summed E-state index contributed by atoms with van der Waals surface area (Å²) in [7, 11) is 0. The molecule has 4 fully saturated rings. The van der Waals surface area contributed by atoms with Crippen molar-refractivity contribution in [1.29, 1.82) is 0 Å². The van der Waals surface area contributed by atoms with Crippen LogP contribution in [0.1, 0.15) is 106 Å². The molecule has 2 N–H and O–H groups in total. The average molecular weight is 443 g/mol. The van der Waals surface area contributed by atoms with Gasteiger partial charge in [0, 0.05) is 0 Å². The van der Waals surface area contributed by atoms with E-state index in [2.05, 4.69) is 47.8 Å². The molecule has 0 aromatic heterocycles. The van der Waals surface area contributed by atoms with Crippen molar-refractivity contribution in [2.45, 2.75) is 118 Å². The molecule has 4 aliphatic rings. The molecular weight excluding hydrogens is 392 g/mol. The normalized spacial score (nSPS) is 48.3. The molecule has 32 heavy (non-hydrogen) atoms. The van der Waals surface area contributed by atoms with Crippen molar-refractivity contribution in [2.24, 2.45) is 45.3 Å². The largest absolute Gasteiger partial charge is 0.393 e. The van der Waals surface area contributed by atoms with Crippen LogP contribution in [0, 0.1) is 45.3 Å². The van der Waals surface area contributed by atoms with Gasteiger partial charge in [0.15, 0.2) is 0 Å². The lowest BCUT2D eigenvalue weighted by Crippen LogP contribution is -2.61. The van der Waals surface area contributed by atoms with E-state index in [1.165, 1.54) is 50.5 Å². The summed E-state index contributed by atoms with van der Waals surface area (Å²) in [6.45, 7) is 22.9. The van der Waals surface area contributed by atoms with Crippen LogP contribution in [-0.2, 0) is 0 Å². The zero-order valence-corrected chi connectivity index (χ0v) is 21.8. The molecule has 182 valence electrons. The van der Waals surface area contributed by atoms with Gasteiger partial charge >= 0.3 is 0 Å². The minimum absolute atomic E-state index is 0.0379. The Labute approximate surface area is 198 Å². The Morgan fingerprint density at radius 2 is 1.53 bits per heavy atom. The third kappa shape index (κ3) is 3.33. The number of hydrogen-bond donors (Lipinski definition) is 2. The average Bonchev–Trinajstić information content (AvgIpc) is 3.00. The molecule has 4 aliphatic carbocycles. The summed E-state index contributed by atoms with van der Waals surface area (Å²) in [5.41, 5.74) is 3.35. The summed E-state index contributed by atoms with van der Waals surface area (Å²) in [5.74, 6) is 2.82. The molecule has 0 saturated heterocycles. The summed E-state index contributed by atoms with van der Waals surface area (Å²) in [6.07, 6.45) is 11.2. The highest BCUT2D eigenvalue weighted by Gasteiger charge is 2.67. The summed E-state index contributed by atoms with van der Waals surface area (Å²) in [6, 6.07) is 0. The molecule has 0 amide bonds. The summed E-state index contributed by atoms with van der Waals surface area (Å²) in [4.78, 5) is 0. The van der Waals surface area contributed by atoms with Gasteiger partial charge in [0.1, 0.15) is 0 Å². The Bertz CT molecular complexity index is 767. The second-order valence-corrected chi connectivity index (χ2v) is 13.7. The molecule has 4 saturated carbocycles. The third-order valence-electron chi connectivity index (χ3n) is 12.2. The standard InChI is InChI=1S/C30H50O2/c1-19(2)24(31)11-9-20(3)21-13-17-30(8)23-10-12-25-27(4,5)26(32)15-16-28(25,6)22(23)14-18-29(21,30)7/h21-26,31-32H,1,3,9-18H2,2,4-8H3/t21-,22+,23-,24+,25+,26+,28-,29-,30+/m1/s1. The maximum Gasteiger partial charge on any atom is 0.0747 e. The van der Waals surface area contributed by atoms with E-state index in [-0.39, 0.29) is 11.5 Å². The highest BCUT2D eigenvalue weighted by molar-refractivity contribution is 5.21. The number of aliphatic hydroxyl groups is 2. The Kier molecular flexibility index (Phi) is 6.11. The van der Waals surface area contributed by atoms with Crippen LogP contribution < -0.4 is 0 Å². The van der Waals surface area contributed by atoms with Crippen LogP contribution in [0.4, 0.5) is 0 Å². The first-order valence-electron chi connectivity index (χ1n) is 13.5. The Morgan fingerprint density at radius 3 is 2.19 bits per heavy atom. The molecule has 0 radical (unpaired) electrons. The number of fused-ring (bicyclic) bond motifs is 5. The molecule has 0 heterocycles. The monoisotopic (exact) mass is 442 g/mol. The topological polar surface area (TPSA) is 40.5 Å². The van der Waals surface area contributed by atoms with Crippen molar-refractivity contribution in [1.82, 2.24) is 0 Å². The van der Waals surface area contributed by atoms with Gasteiger partial charge in [-0.2, -0.15) is 0 Å². The predicted octanol–water partition coefficient (Wildman–Crippen LogP) is 7.31. The lowest BCUT2D eigenvalue weighted by atomic mass is 9.38. The molecule has 4 rings (SSSR count). The highest BCUT2D eigenvalue weighted by Crippen LogP contribution is 2.74. The van der Waals surface area contributed by atoms with E-state index in [4.69, 9.17) is 0 Å². The van der Waals surface area contributed by atoms with Crippen LogP contribution in [0.25, 0.3) is 0 Å². The van der Waals surface area contributed by atoms with Crippen molar-refractivity contribution in [3.63, 3.8) is 0 Å². The molecule has 2 heteroatoms. The predicted molar refractivity (Wildman–Crippen MR) is 134 cm³/mol. The first-order valence-corrected chi connectivity index (χ1v) is 13.5. The van der Waals surface area contributed by atoms with Gasteiger partial charge in [-0.25, -0.2) is 0 Å². The van der Waals surface area contributed by atoms with Crippen LogP contribution in [-0.4, -0.2) is 22.4 Å². The van der Waals surface area contributed by atoms with Gasteiger partial charge in [0.05, 0.1) is 12.2 Å². The quantitative estimate of drug-likeness (QED) is 0.438. The van der Waals surface area contributed by atoms with Gasteiger partial charge in [-0.3, -0.25) is 0 Å². The van der Waals surface area contributed by atoms with Crippen LogP contribution >= 0.6 is 0 Å². The van der Waals surface area contributed by atoms with Crippen molar-refractivity contribution in [2.75, 3.05) is 0 Å². The SMILES string of the molecule is C=C(CC[C@H](O)C(=C)C)[C@H]1CC[C@@]2(C)[C@@H]3CC[C@H]4C(C)(C)[C@@H](O)CC[C@]4(C)[C@H]3CC[C@]12C. The van der Waals surface area contributed by atoms with E-state index in [0.29, 0.717) is 28.1 Å². The maximum absolute atomic E-state index is 10.8. The van der Waals surface area contributed by atoms with Crippen LogP contribution in [0.5, 0.6) is 0 Å². The van der Waals surface area contributed by atoms with Gasteiger partial charge in [-0.15, -0.1) is 0 Å². The van der Waals surface area contributed by atoms with E-state index < -0.39 is 6.10 Å². The molecule has 2 nitrogen and oxygen atoms in total. The van der Waals surface area contributed by atoms with Gasteiger partial charge < -0.3 is 10.2 Å². The van der Waals surface area contributed by atoms with Gasteiger partial charge in [-0.1, -0.05) is 58.9 Å². The summed E-state index contributed by atoms with van der Waals surface area (Å²) >= 11 is 0. The molecule has 0 aliphatic heterocycles. The zero-order chi connectivity index (χ0) is 23.7. The van der Waals surface area contributed by atoms with Crippen molar-refractivity contribution in [3.05, 3.63) is 24.3 Å². The first-order chi connectivity index (χ1) is 14.8. The number of hydrogen-bond acceptors (Lipinski definition) is 2. The fourth-order valence-electron chi connectivity index (χ4n) is 9.89. The van der Waals surface area contributed by atoms with Crippen molar-refractivity contribution in [3.8, 4) is 0 Å².